The van der Waals surface area contributed by atoms with Gasteiger partial charge in [-0.25, -0.2) is 0 Å². The van der Waals surface area contributed by atoms with Gasteiger partial charge in [0.2, 0.25) is 0 Å². The number of nitrogens with two attached hydrogens (primary N) is 1. The average Bonchev–Trinajstić information content (AvgIpc) is 2.28. The fraction of sp³-hybridized carbons (Fsp3) is 0.538. The van der Waals surface area contributed by atoms with Crippen molar-refractivity contribution in [1.29, 1.82) is 0 Å². The fourth-order valence-corrected chi connectivity index (χ4v) is 2.12. The van der Waals surface area contributed by atoms with Crippen molar-refractivity contribution in [3.8, 4) is 0 Å². The summed E-state index contributed by atoms with van der Waals surface area (Å²) in [5.74, 6) is 0. The quantitative estimate of drug-likeness (QED) is 0.762. The summed E-state index contributed by atoms with van der Waals surface area (Å²) >= 11 is 0. The lowest BCUT2D eigenvalue weighted by Gasteiger charge is -2.32. The van der Waals surface area contributed by atoms with Crippen LogP contribution in [0.25, 0.3) is 0 Å². The molecule has 1 saturated heterocycles. The molecule has 0 unspecified atom stereocenters. The van der Waals surface area contributed by atoms with E-state index in [4.69, 9.17) is 5.73 Å². The summed E-state index contributed by atoms with van der Waals surface area (Å²) < 4.78 is 0. The number of nitrogens with zero attached hydrogens (tertiary/aromatic N) is 2. The summed E-state index contributed by atoms with van der Waals surface area (Å²) in [4.78, 5) is 4.88. The summed E-state index contributed by atoms with van der Waals surface area (Å²) in [5.41, 5.74) is 9.43. The molecular weight excluding hydrogens is 198 g/mol. The smallest absolute Gasteiger partial charge is 0.0346 e. The van der Waals surface area contributed by atoms with Crippen molar-refractivity contribution in [2.24, 2.45) is 0 Å². The van der Waals surface area contributed by atoms with E-state index < -0.39 is 0 Å². The standard InChI is InChI=1S/C13H21N3/c1-11-12(4-3-5-13(11)14)10-16-8-6-15(2)7-9-16/h3-5H,6-10,14H2,1-2H3. The molecule has 0 saturated carbocycles. The second-order valence-corrected chi connectivity index (χ2v) is 4.71. The third-order valence-electron chi connectivity index (χ3n) is 3.48. The molecule has 1 fully saturated rings. The Balaban J connectivity index is 2.01. The first-order valence-corrected chi connectivity index (χ1v) is 5.91. The Morgan fingerprint density at radius 3 is 2.56 bits per heavy atom. The van der Waals surface area contributed by atoms with Gasteiger partial charge in [-0.3, -0.25) is 4.90 Å². The van der Waals surface area contributed by atoms with Gasteiger partial charge in [0.15, 0.2) is 0 Å². The summed E-state index contributed by atoms with van der Waals surface area (Å²) in [6.45, 7) is 7.80. The molecule has 0 spiro atoms. The highest BCUT2D eigenvalue weighted by Gasteiger charge is 2.14. The van der Waals surface area contributed by atoms with E-state index in [0.29, 0.717) is 0 Å². The first-order valence-electron chi connectivity index (χ1n) is 5.91. The summed E-state index contributed by atoms with van der Waals surface area (Å²) in [7, 11) is 2.18. The summed E-state index contributed by atoms with van der Waals surface area (Å²) in [6.07, 6.45) is 0. The molecule has 0 aromatic heterocycles. The zero-order valence-electron chi connectivity index (χ0n) is 10.2. The van der Waals surface area contributed by atoms with Crippen molar-refractivity contribution in [2.45, 2.75) is 13.5 Å². The average molecular weight is 219 g/mol. The van der Waals surface area contributed by atoms with E-state index in [1.54, 1.807) is 0 Å². The van der Waals surface area contributed by atoms with E-state index in [0.717, 1.165) is 25.3 Å². The zero-order valence-corrected chi connectivity index (χ0v) is 10.2. The third-order valence-corrected chi connectivity index (χ3v) is 3.48. The van der Waals surface area contributed by atoms with Crippen LogP contribution in [-0.4, -0.2) is 43.0 Å². The Morgan fingerprint density at radius 2 is 1.88 bits per heavy atom. The second kappa shape index (κ2) is 4.85. The van der Waals surface area contributed by atoms with Gasteiger partial charge in [0, 0.05) is 38.4 Å². The maximum Gasteiger partial charge on any atom is 0.0346 e. The van der Waals surface area contributed by atoms with E-state index >= 15 is 0 Å². The van der Waals surface area contributed by atoms with Crippen molar-refractivity contribution >= 4 is 5.69 Å². The molecule has 0 amide bonds. The molecule has 3 heteroatoms. The number of rotatable bonds is 2. The van der Waals surface area contributed by atoms with E-state index in [1.807, 2.05) is 12.1 Å². The zero-order chi connectivity index (χ0) is 11.5. The van der Waals surface area contributed by atoms with Crippen LogP contribution in [0.4, 0.5) is 5.69 Å². The molecule has 0 radical (unpaired) electrons. The molecule has 2 N–H and O–H groups in total. The van der Waals surface area contributed by atoms with Crippen LogP contribution in [0.2, 0.25) is 0 Å². The number of hydrogen-bond donors (Lipinski definition) is 1. The summed E-state index contributed by atoms with van der Waals surface area (Å²) in [6, 6.07) is 6.21. The lowest BCUT2D eigenvalue weighted by molar-refractivity contribution is 0.148. The number of piperazine rings is 1. The molecule has 0 aliphatic carbocycles. The monoisotopic (exact) mass is 219 g/mol. The minimum absolute atomic E-state index is 0.909. The van der Waals surface area contributed by atoms with E-state index in [-0.39, 0.29) is 0 Å². The Kier molecular flexibility index (Phi) is 3.46. The highest BCUT2D eigenvalue weighted by molar-refractivity contribution is 5.49. The highest BCUT2D eigenvalue weighted by atomic mass is 15.2. The Bertz CT molecular complexity index is 354. The number of nitrogen functional groups attached to an aromatic ring is 1. The minimum Gasteiger partial charge on any atom is -0.399 e. The highest BCUT2D eigenvalue weighted by Crippen LogP contribution is 2.17. The van der Waals surface area contributed by atoms with Gasteiger partial charge in [-0.15, -0.1) is 0 Å². The van der Waals surface area contributed by atoms with Crippen LogP contribution in [0.15, 0.2) is 18.2 Å². The maximum absolute atomic E-state index is 5.92. The van der Waals surface area contributed by atoms with Gasteiger partial charge in [0.1, 0.15) is 0 Å². The molecule has 16 heavy (non-hydrogen) atoms. The molecule has 88 valence electrons. The van der Waals surface area contributed by atoms with Crippen molar-refractivity contribution < 1.29 is 0 Å². The van der Waals surface area contributed by atoms with Crippen LogP contribution < -0.4 is 5.73 Å². The van der Waals surface area contributed by atoms with Crippen molar-refractivity contribution in [3.05, 3.63) is 29.3 Å². The normalized spacial score (nSPS) is 18.9. The fourth-order valence-electron chi connectivity index (χ4n) is 2.12. The van der Waals surface area contributed by atoms with Crippen molar-refractivity contribution in [1.82, 2.24) is 9.80 Å². The minimum atomic E-state index is 0.909. The van der Waals surface area contributed by atoms with Crippen molar-refractivity contribution in [2.75, 3.05) is 39.0 Å². The molecule has 1 heterocycles. The molecule has 2 rings (SSSR count). The van der Waals surface area contributed by atoms with Gasteiger partial charge in [0.05, 0.1) is 0 Å². The number of benzene rings is 1. The van der Waals surface area contributed by atoms with Crippen LogP contribution in [0.5, 0.6) is 0 Å². The van der Waals surface area contributed by atoms with E-state index in [1.165, 1.54) is 24.2 Å². The predicted octanol–water partition coefficient (Wildman–Crippen LogP) is 1.32. The lowest BCUT2D eigenvalue weighted by atomic mass is 10.1. The molecule has 3 nitrogen and oxygen atoms in total. The van der Waals surface area contributed by atoms with Crippen LogP contribution in [0.3, 0.4) is 0 Å². The third kappa shape index (κ3) is 2.54. The van der Waals surface area contributed by atoms with Gasteiger partial charge >= 0.3 is 0 Å². The van der Waals surface area contributed by atoms with Crippen LogP contribution in [-0.2, 0) is 6.54 Å². The molecule has 0 atom stereocenters. The number of likely N-dealkylation sites (N-methyl/N-ethyl adjacent to an activating group) is 1. The predicted molar refractivity (Wildman–Crippen MR) is 68.4 cm³/mol. The lowest BCUT2D eigenvalue weighted by Crippen LogP contribution is -2.43. The largest absolute Gasteiger partial charge is 0.399 e. The molecule has 1 aliphatic heterocycles. The van der Waals surface area contributed by atoms with Gasteiger partial charge in [-0.1, -0.05) is 12.1 Å². The van der Waals surface area contributed by atoms with Crippen LogP contribution in [0.1, 0.15) is 11.1 Å². The molecule has 1 aromatic carbocycles. The first-order chi connectivity index (χ1) is 7.66. The molecular formula is C13H21N3. The molecule has 1 aromatic rings. The van der Waals surface area contributed by atoms with Crippen LogP contribution in [0, 0.1) is 6.92 Å². The SMILES string of the molecule is Cc1c(N)cccc1CN1CCN(C)CC1. The first kappa shape index (κ1) is 11.4. The van der Waals surface area contributed by atoms with Gasteiger partial charge < -0.3 is 10.6 Å². The number of hydrogen-bond acceptors (Lipinski definition) is 3. The van der Waals surface area contributed by atoms with E-state index in [9.17, 15) is 0 Å². The molecule has 0 bridgehead atoms. The van der Waals surface area contributed by atoms with Crippen LogP contribution >= 0.6 is 0 Å². The number of anilines is 1. The van der Waals surface area contributed by atoms with Gasteiger partial charge in [0.25, 0.3) is 0 Å². The topological polar surface area (TPSA) is 32.5 Å². The van der Waals surface area contributed by atoms with Crippen molar-refractivity contribution in [3.63, 3.8) is 0 Å². The molecule has 1 aliphatic rings. The summed E-state index contributed by atoms with van der Waals surface area (Å²) in [5, 5.41) is 0. The van der Waals surface area contributed by atoms with Gasteiger partial charge in [-0.05, 0) is 31.2 Å². The Morgan fingerprint density at radius 1 is 1.19 bits per heavy atom. The Hall–Kier alpha value is -1.06. The Labute approximate surface area is 97.8 Å². The maximum atomic E-state index is 5.92. The van der Waals surface area contributed by atoms with E-state index in [2.05, 4.69) is 29.8 Å². The second-order valence-electron chi connectivity index (χ2n) is 4.71. The van der Waals surface area contributed by atoms with Gasteiger partial charge in [-0.2, -0.15) is 0 Å².